The summed E-state index contributed by atoms with van der Waals surface area (Å²) in [5, 5.41) is 16.9. The van der Waals surface area contributed by atoms with E-state index in [1.165, 1.54) is 11.8 Å². The molecule has 0 aliphatic carbocycles. The zero-order valence-electron chi connectivity index (χ0n) is 9.11. The second-order valence-corrected chi connectivity index (χ2v) is 4.25. The minimum Gasteiger partial charge on any atom is -0.130 e. The Kier molecular flexibility index (Phi) is 3.80. The Balaban J connectivity index is 2.95. The monoisotopic (exact) mass is 212 g/mol. The van der Waals surface area contributed by atoms with Crippen molar-refractivity contribution < 1.29 is 0 Å². The first-order valence-electron chi connectivity index (χ1n) is 4.78. The van der Waals surface area contributed by atoms with Crippen molar-refractivity contribution in [1.29, 1.82) is 0 Å². The number of thioether (sulfide) groups is 1. The van der Waals surface area contributed by atoms with Gasteiger partial charge in [0, 0.05) is 5.41 Å². The molecule has 5 heteroatoms. The van der Waals surface area contributed by atoms with Gasteiger partial charge in [0.15, 0.2) is 5.82 Å². The van der Waals surface area contributed by atoms with Crippen molar-refractivity contribution in [3.63, 3.8) is 0 Å². The van der Waals surface area contributed by atoms with Crippen LogP contribution >= 0.6 is 11.8 Å². The van der Waals surface area contributed by atoms with Crippen molar-refractivity contribution in [3.8, 4) is 0 Å². The number of hydrogen-bond acceptors (Lipinski definition) is 5. The molecule has 1 aromatic heterocycles. The van der Waals surface area contributed by atoms with Gasteiger partial charge in [0.05, 0.1) is 0 Å². The van der Waals surface area contributed by atoms with E-state index < -0.39 is 0 Å². The first-order chi connectivity index (χ1) is 6.66. The number of hydrogen-bond donors (Lipinski definition) is 0. The third kappa shape index (κ3) is 2.20. The largest absolute Gasteiger partial charge is 0.229 e. The van der Waals surface area contributed by atoms with Crippen LogP contribution in [-0.4, -0.2) is 26.7 Å². The normalized spacial score (nSPS) is 11.7. The van der Waals surface area contributed by atoms with Gasteiger partial charge in [-0.2, -0.15) is 0 Å². The van der Waals surface area contributed by atoms with Gasteiger partial charge < -0.3 is 0 Å². The molecular formula is C9H16N4S. The van der Waals surface area contributed by atoms with Gasteiger partial charge in [0.25, 0.3) is 0 Å². The van der Waals surface area contributed by atoms with Crippen molar-refractivity contribution >= 4 is 11.8 Å². The average Bonchev–Trinajstić information content (AvgIpc) is 2.28. The molecule has 0 radical (unpaired) electrons. The van der Waals surface area contributed by atoms with E-state index in [1.807, 2.05) is 6.26 Å². The average molecular weight is 212 g/mol. The van der Waals surface area contributed by atoms with E-state index >= 15 is 0 Å². The van der Waals surface area contributed by atoms with Crippen LogP contribution in [0, 0.1) is 0 Å². The quantitative estimate of drug-likeness (QED) is 0.715. The van der Waals surface area contributed by atoms with E-state index in [4.69, 9.17) is 0 Å². The van der Waals surface area contributed by atoms with Gasteiger partial charge >= 0.3 is 0 Å². The minimum absolute atomic E-state index is 0.0109. The van der Waals surface area contributed by atoms with Gasteiger partial charge in [0.2, 0.25) is 5.16 Å². The highest BCUT2D eigenvalue weighted by Crippen LogP contribution is 2.27. The minimum atomic E-state index is 0.0109. The number of aromatic nitrogens is 4. The van der Waals surface area contributed by atoms with E-state index in [9.17, 15) is 0 Å². The molecular weight excluding hydrogens is 196 g/mol. The van der Waals surface area contributed by atoms with Crippen LogP contribution in [0.15, 0.2) is 5.16 Å². The fourth-order valence-electron chi connectivity index (χ4n) is 1.11. The maximum Gasteiger partial charge on any atom is 0.229 e. The van der Waals surface area contributed by atoms with Crippen LogP contribution in [0.2, 0.25) is 0 Å². The van der Waals surface area contributed by atoms with Crippen LogP contribution in [0.5, 0.6) is 0 Å². The van der Waals surface area contributed by atoms with Crippen LogP contribution in [0.25, 0.3) is 0 Å². The molecule has 0 aliphatic heterocycles. The van der Waals surface area contributed by atoms with E-state index in [1.54, 1.807) is 0 Å². The highest BCUT2D eigenvalue weighted by atomic mass is 32.2. The zero-order valence-corrected chi connectivity index (χ0v) is 9.93. The van der Waals surface area contributed by atoms with Crippen LogP contribution in [-0.2, 0) is 5.41 Å². The molecule has 4 nitrogen and oxygen atoms in total. The summed E-state index contributed by atoms with van der Waals surface area (Å²) in [6.07, 6.45) is 3.92. The summed E-state index contributed by atoms with van der Waals surface area (Å²) in [7, 11) is 0. The van der Waals surface area contributed by atoms with Gasteiger partial charge in [-0.25, -0.2) is 0 Å². The first kappa shape index (κ1) is 11.4. The lowest BCUT2D eigenvalue weighted by atomic mass is 9.84. The van der Waals surface area contributed by atoms with Crippen LogP contribution in [0.3, 0.4) is 0 Å². The van der Waals surface area contributed by atoms with Crippen molar-refractivity contribution in [2.45, 2.75) is 44.2 Å². The third-order valence-corrected chi connectivity index (χ3v) is 3.27. The molecule has 0 atom stereocenters. The molecule has 0 aromatic carbocycles. The molecule has 0 unspecified atom stereocenters. The van der Waals surface area contributed by atoms with Crippen LogP contribution < -0.4 is 0 Å². The predicted molar refractivity (Wildman–Crippen MR) is 57.3 cm³/mol. The van der Waals surface area contributed by atoms with Gasteiger partial charge in [-0.3, -0.25) is 0 Å². The van der Waals surface area contributed by atoms with Gasteiger partial charge in [-0.1, -0.05) is 32.5 Å². The van der Waals surface area contributed by atoms with E-state index in [0.717, 1.165) is 18.7 Å². The van der Waals surface area contributed by atoms with Crippen LogP contribution in [0.1, 0.15) is 39.4 Å². The second-order valence-electron chi connectivity index (χ2n) is 3.48. The predicted octanol–water partition coefficient (Wildman–Crippen LogP) is 2.07. The van der Waals surface area contributed by atoms with Crippen molar-refractivity contribution in [3.05, 3.63) is 5.82 Å². The molecule has 0 saturated heterocycles. The number of nitrogens with zero attached hydrogens (tertiary/aromatic N) is 4. The standard InChI is InChI=1S/C9H16N4S/c1-5-9(3,6-2)7-10-12-8(14-4)13-11-7/h5-6H2,1-4H3. The molecule has 0 fully saturated rings. The topological polar surface area (TPSA) is 51.6 Å². The summed E-state index contributed by atoms with van der Waals surface area (Å²) >= 11 is 1.46. The Morgan fingerprint density at radius 2 is 1.57 bits per heavy atom. The maximum absolute atomic E-state index is 4.12. The van der Waals surface area contributed by atoms with Crippen molar-refractivity contribution in [2.75, 3.05) is 6.26 Å². The number of rotatable bonds is 4. The third-order valence-electron chi connectivity index (χ3n) is 2.74. The summed E-state index contributed by atoms with van der Waals surface area (Å²) in [6, 6.07) is 0. The fourth-order valence-corrected chi connectivity index (χ4v) is 1.35. The van der Waals surface area contributed by atoms with Gasteiger partial charge in [-0.15, -0.1) is 20.4 Å². The summed E-state index contributed by atoms with van der Waals surface area (Å²) in [5.41, 5.74) is 0.0109. The van der Waals surface area contributed by atoms with E-state index in [-0.39, 0.29) is 5.41 Å². The molecule has 0 amide bonds. The lowest BCUT2D eigenvalue weighted by molar-refractivity contribution is 0.393. The zero-order chi connectivity index (χ0) is 10.6. The molecule has 78 valence electrons. The summed E-state index contributed by atoms with van der Waals surface area (Å²) in [4.78, 5) is 0. The van der Waals surface area contributed by atoms with Crippen molar-refractivity contribution in [2.24, 2.45) is 0 Å². The Morgan fingerprint density at radius 3 is 1.93 bits per heavy atom. The molecule has 14 heavy (non-hydrogen) atoms. The highest BCUT2D eigenvalue weighted by molar-refractivity contribution is 7.98. The Bertz CT molecular complexity index is 281. The molecule has 1 heterocycles. The molecule has 0 bridgehead atoms. The molecule has 0 N–H and O–H groups in total. The summed E-state index contributed by atoms with van der Waals surface area (Å²) in [6.45, 7) is 6.41. The van der Waals surface area contributed by atoms with E-state index in [2.05, 4.69) is 41.2 Å². The second kappa shape index (κ2) is 4.68. The first-order valence-corrected chi connectivity index (χ1v) is 6.00. The molecule has 1 rings (SSSR count). The SMILES string of the molecule is CCC(C)(CC)c1nnc(SC)nn1. The van der Waals surface area contributed by atoms with Gasteiger partial charge in [0.1, 0.15) is 0 Å². The molecule has 0 aliphatic rings. The summed E-state index contributed by atoms with van der Waals surface area (Å²) < 4.78 is 0. The Morgan fingerprint density at radius 1 is 1.07 bits per heavy atom. The fraction of sp³-hybridized carbons (Fsp3) is 0.778. The maximum atomic E-state index is 4.12. The van der Waals surface area contributed by atoms with E-state index in [0.29, 0.717) is 5.16 Å². The smallest absolute Gasteiger partial charge is 0.130 e. The van der Waals surface area contributed by atoms with Gasteiger partial charge in [-0.05, 0) is 19.1 Å². The van der Waals surface area contributed by atoms with Crippen LogP contribution in [0.4, 0.5) is 0 Å². The lowest BCUT2D eigenvalue weighted by Crippen LogP contribution is -2.24. The summed E-state index contributed by atoms with van der Waals surface area (Å²) in [5.74, 6) is 0.750. The molecule has 1 aromatic rings. The lowest BCUT2D eigenvalue weighted by Gasteiger charge is -2.22. The Hall–Kier alpha value is -0.710. The highest BCUT2D eigenvalue weighted by Gasteiger charge is 2.26. The Labute approximate surface area is 88.9 Å². The molecule has 0 spiro atoms. The molecule has 0 saturated carbocycles. The van der Waals surface area contributed by atoms with Crippen molar-refractivity contribution in [1.82, 2.24) is 20.4 Å².